The summed E-state index contributed by atoms with van der Waals surface area (Å²) >= 11 is 7.55. The van der Waals surface area contributed by atoms with Gasteiger partial charge in [-0.15, -0.1) is 0 Å². The van der Waals surface area contributed by atoms with Gasteiger partial charge in [-0.1, -0.05) is 11.6 Å². The molecule has 0 saturated heterocycles. The summed E-state index contributed by atoms with van der Waals surface area (Å²) in [7, 11) is 0. The van der Waals surface area contributed by atoms with E-state index in [1.54, 1.807) is 23.5 Å². The number of carbonyl (C=O) groups is 1. The molecular formula is C13H13ClN2OS. The molecule has 1 atom stereocenters. The van der Waals surface area contributed by atoms with Crippen molar-refractivity contribution in [1.82, 2.24) is 0 Å². The predicted octanol–water partition coefficient (Wildman–Crippen LogP) is 3.67. The summed E-state index contributed by atoms with van der Waals surface area (Å²) in [5.41, 5.74) is 7.62. The lowest BCUT2D eigenvalue weighted by Gasteiger charge is -2.15. The lowest BCUT2D eigenvalue weighted by Crippen LogP contribution is -2.13. The Morgan fingerprint density at radius 3 is 2.83 bits per heavy atom. The van der Waals surface area contributed by atoms with Gasteiger partial charge in [-0.3, -0.25) is 4.79 Å². The van der Waals surface area contributed by atoms with Gasteiger partial charge < -0.3 is 11.1 Å². The monoisotopic (exact) mass is 280 g/mol. The number of thiophene rings is 1. The lowest BCUT2D eigenvalue weighted by molar-refractivity contribution is 0.100. The van der Waals surface area contributed by atoms with E-state index in [0.717, 1.165) is 5.69 Å². The Balaban J connectivity index is 2.20. The molecular weight excluding hydrogens is 268 g/mol. The highest BCUT2D eigenvalue weighted by Gasteiger charge is 2.10. The summed E-state index contributed by atoms with van der Waals surface area (Å²) in [6.45, 7) is 2.06. The SMILES string of the molecule is CC(Nc1ccc(Cl)c(C(N)=O)c1)c1ccsc1. The minimum absolute atomic E-state index is 0.165. The van der Waals surface area contributed by atoms with Crippen molar-refractivity contribution < 1.29 is 4.79 Å². The number of nitrogens with one attached hydrogen (secondary N) is 1. The fourth-order valence-electron chi connectivity index (χ4n) is 1.66. The van der Waals surface area contributed by atoms with Crippen LogP contribution < -0.4 is 11.1 Å². The number of amides is 1. The molecule has 2 rings (SSSR count). The molecule has 3 nitrogen and oxygen atoms in total. The molecule has 0 aliphatic carbocycles. The molecule has 0 aliphatic rings. The first-order valence-corrected chi connectivity index (χ1v) is 6.78. The van der Waals surface area contributed by atoms with Crippen LogP contribution in [0.2, 0.25) is 5.02 Å². The van der Waals surface area contributed by atoms with Crippen LogP contribution in [0, 0.1) is 0 Å². The number of halogens is 1. The first kappa shape index (κ1) is 12.9. The van der Waals surface area contributed by atoms with Crippen molar-refractivity contribution in [3.8, 4) is 0 Å². The van der Waals surface area contributed by atoms with Gasteiger partial charge in [-0.2, -0.15) is 11.3 Å². The molecule has 2 aromatic rings. The van der Waals surface area contributed by atoms with Gasteiger partial charge in [0.1, 0.15) is 0 Å². The summed E-state index contributed by atoms with van der Waals surface area (Å²) in [5.74, 6) is -0.521. The van der Waals surface area contributed by atoms with Crippen LogP contribution >= 0.6 is 22.9 Å². The van der Waals surface area contributed by atoms with Gasteiger partial charge in [-0.05, 0) is 47.5 Å². The summed E-state index contributed by atoms with van der Waals surface area (Å²) < 4.78 is 0. The third-order valence-electron chi connectivity index (χ3n) is 2.66. The van der Waals surface area contributed by atoms with Crippen molar-refractivity contribution in [3.63, 3.8) is 0 Å². The van der Waals surface area contributed by atoms with Gasteiger partial charge in [0.15, 0.2) is 0 Å². The van der Waals surface area contributed by atoms with Crippen LogP contribution in [-0.2, 0) is 0 Å². The fraction of sp³-hybridized carbons (Fsp3) is 0.154. The standard InChI is InChI=1S/C13H13ClN2OS/c1-8(9-4-5-18-7-9)16-10-2-3-12(14)11(6-10)13(15)17/h2-8,16H,1H3,(H2,15,17). The predicted molar refractivity (Wildman–Crippen MR) is 76.3 cm³/mol. The first-order valence-electron chi connectivity index (χ1n) is 5.46. The fourth-order valence-corrected chi connectivity index (χ4v) is 2.62. The van der Waals surface area contributed by atoms with E-state index in [-0.39, 0.29) is 6.04 Å². The van der Waals surface area contributed by atoms with Gasteiger partial charge >= 0.3 is 0 Å². The Morgan fingerprint density at radius 1 is 1.44 bits per heavy atom. The third kappa shape index (κ3) is 2.83. The van der Waals surface area contributed by atoms with Gasteiger partial charge in [0.2, 0.25) is 5.91 Å². The zero-order chi connectivity index (χ0) is 13.1. The van der Waals surface area contributed by atoms with Crippen molar-refractivity contribution in [3.05, 3.63) is 51.2 Å². The van der Waals surface area contributed by atoms with E-state index >= 15 is 0 Å². The van der Waals surface area contributed by atoms with E-state index in [1.165, 1.54) is 5.56 Å². The van der Waals surface area contributed by atoms with Gasteiger partial charge in [0, 0.05) is 11.7 Å². The summed E-state index contributed by atoms with van der Waals surface area (Å²) in [6, 6.07) is 7.40. The van der Waals surface area contributed by atoms with Crippen LogP contribution in [0.5, 0.6) is 0 Å². The molecule has 0 bridgehead atoms. The Kier molecular flexibility index (Phi) is 3.89. The van der Waals surface area contributed by atoms with E-state index in [1.807, 2.05) is 11.4 Å². The average molecular weight is 281 g/mol. The first-order chi connectivity index (χ1) is 8.58. The smallest absolute Gasteiger partial charge is 0.250 e. The Hall–Kier alpha value is -1.52. The molecule has 0 aliphatic heterocycles. The van der Waals surface area contributed by atoms with Crippen molar-refractivity contribution >= 4 is 34.5 Å². The quantitative estimate of drug-likeness (QED) is 0.898. The molecule has 1 aromatic carbocycles. The molecule has 5 heteroatoms. The lowest BCUT2D eigenvalue weighted by atomic mass is 10.1. The number of carbonyl (C=O) groups excluding carboxylic acids is 1. The Bertz CT molecular complexity index is 554. The van der Waals surface area contributed by atoms with Gasteiger partial charge in [0.05, 0.1) is 10.6 Å². The minimum Gasteiger partial charge on any atom is -0.378 e. The molecule has 18 heavy (non-hydrogen) atoms. The minimum atomic E-state index is -0.521. The molecule has 94 valence electrons. The summed E-state index contributed by atoms with van der Waals surface area (Å²) in [6.07, 6.45) is 0. The highest BCUT2D eigenvalue weighted by atomic mass is 35.5. The molecule has 3 N–H and O–H groups in total. The summed E-state index contributed by atoms with van der Waals surface area (Å²) in [4.78, 5) is 11.2. The maximum Gasteiger partial charge on any atom is 0.250 e. The van der Waals surface area contributed by atoms with E-state index < -0.39 is 5.91 Å². The van der Waals surface area contributed by atoms with E-state index in [4.69, 9.17) is 17.3 Å². The molecule has 1 heterocycles. The Morgan fingerprint density at radius 2 is 2.22 bits per heavy atom. The van der Waals surface area contributed by atoms with E-state index in [2.05, 4.69) is 23.7 Å². The van der Waals surface area contributed by atoms with Crippen molar-refractivity contribution in [2.75, 3.05) is 5.32 Å². The third-order valence-corrected chi connectivity index (χ3v) is 3.69. The van der Waals surface area contributed by atoms with Crippen molar-refractivity contribution in [2.24, 2.45) is 5.73 Å². The molecule has 0 spiro atoms. The number of hydrogen-bond donors (Lipinski definition) is 2. The van der Waals surface area contributed by atoms with Crippen LogP contribution in [0.15, 0.2) is 35.0 Å². The number of nitrogens with two attached hydrogens (primary N) is 1. The molecule has 0 fully saturated rings. The number of hydrogen-bond acceptors (Lipinski definition) is 3. The van der Waals surface area contributed by atoms with Crippen LogP contribution in [0.1, 0.15) is 28.9 Å². The van der Waals surface area contributed by atoms with Gasteiger partial charge in [0.25, 0.3) is 0 Å². The van der Waals surface area contributed by atoms with Crippen LogP contribution in [0.25, 0.3) is 0 Å². The topological polar surface area (TPSA) is 55.1 Å². The number of primary amides is 1. The van der Waals surface area contributed by atoms with Crippen molar-refractivity contribution in [1.29, 1.82) is 0 Å². The zero-order valence-electron chi connectivity index (χ0n) is 9.81. The highest BCUT2D eigenvalue weighted by molar-refractivity contribution is 7.08. The number of anilines is 1. The van der Waals surface area contributed by atoms with E-state index in [9.17, 15) is 4.79 Å². The second kappa shape index (κ2) is 5.42. The molecule has 1 aromatic heterocycles. The number of rotatable bonds is 4. The average Bonchev–Trinajstić information content (AvgIpc) is 2.85. The second-order valence-electron chi connectivity index (χ2n) is 3.98. The number of benzene rings is 1. The second-order valence-corrected chi connectivity index (χ2v) is 5.17. The molecule has 0 saturated carbocycles. The maximum atomic E-state index is 11.2. The van der Waals surface area contributed by atoms with Gasteiger partial charge in [-0.25, -0.2) is 0 Å². The zero-order valence-corrected chi connectivity index (χ0v) is 11.4. The normalized spacial score (nSPS) is 12.1. The Labute approximate surface area is 115 Å². The molecule has 0 radical (unpaired) electrons. The van der Waals surface area contributed by atoms with Crippen molar-refractivity contribution in [2.45, 2.75) is 13.0 Å². The van der Waals surface area contributed by atoms with Crippen LogP contribution in [0.3, 0.4) is 0 Å². The highest BCUT2D eigenvalue weighted by Crippen LogP contribution is 2.24. The molecule has 1 amide bonds. The largest absolute Gasteiger partial charge is 0.378 e. The van der Waals surface area contributed by atoms with Crippen LogP contribution in [-0.4, -0.2) is 5.91 Å². The van der Waals surface area contributed by atoms with Crippen LogP contribution in [0.4, 0.5) is 5.69 Å². The van der Waals surface area contributed by atoms with E-state index in [0.29, 0.717) is 10.6 Å². The summed E-state index contributed by atoms with van der Waals surface area (Å²) in [5, 5.41) is 7.80. The maximum absolute atomic E-state index is 11.2. The molecule has 1 unspecified atom stereocenters.